The summed E-state index contributed by atoms with van der Waals surface area (Å²) in [5.74, 6) is -0.192. The van der Waals surface area contributed by atoms with E-state index in [0.29, 0.717) is 16.0 Å². The molecule has 0 spiro atoms. The summed E-state index contributed by atoms with van der Waals surface area (Å²) in [4.78, 5) is 12.0. The van der Waals surface area contributed by atoms with Crippen molar-refractivity contribution in [2.75, 3.05) is 13.1 Å². The van der Waals surface area contributed by atoms with Crippen molar-refractivity contribution in [1.29, 1.82) is 0 Å². The predicted molar refractivity (Wildman–Crippen MR) is 76.6 cm³/mol. The lowest BCUT2D eigenvalue weighted by Gasteiger charge is -2.28. The molecule has 19 heavy (non-hydrogen) atoms. The first-order valence-corrected chi connectivity index (χ1v) is 7.34. The van der Waals surface area contributed by atoms with Gasteiger partial charge < -0.3 is 10.6 Å². The molecule has 2 N–H and O–H groups in total. The molecule has 0 bridgehead atoms. The number of piperidine rings is 1. The Morgan fingerprint density at radius 1 is 1.58 bits per heavy atom. The van der Waals surface area contributed by atoms with E-state index in [0.717, 1.165) is 25.9 Å². The zero-order valence-corrected chi connectivity index (χ0v) is 12.5. The number of hydrogen-bond acceptors (Lipinski definition) is 2. The van der Waals surface area contributed by atoms with Gasteiger partial charge in [0.05, 0.1) is 4.47 Å². The van der Waals surface area contributed by atoms with Crippen molar-refractivity contribution < 1.29 is 9.18 Å². The maximum Gasteiger partial charge on any atom is 0.251 e. The topological polar surface area (TPSA) is 41.1 Å². The lowest BCUT2D eigenvalue weighted by atomic mass is 9.92. The van der Waals surface area contributed by atoms with Crippen molar-refractivity contribution in [2.45, 2.75) is 25.8 Å². The van der Waals surface area contributed by atoms with Crippen LogP contribution in [0.25, 0.3) is 0 Å². The van der Waals surface area contributed by atoms with E-state index in [2.05, 4.69) is 26.6 Å². The van der Waals surface area contributed by atoms with Crippen LogP contribution in [-0.2, 0) is 0 Å². The van der Waals surface area contributed by atoms with Gasteiger partial charge in [-0.2, -0.15) is 0 Å². The lowest BCUT2D eigenvalue weighted by molar-refractivity contribution is 0.0921. The highest BCUT2D eigenvalue weighted by Gasteiger charge is 2.21. The summed E-state index contributed by atoms with van der Waals surface area (Å²) in [5.41, 5.74) is 0.358. The van der Waals surface area contributed by atoms with Gasteiger partial charge in [-0.1, -0.05) is 0 Å². The van der Waals surface area contributed by atoms with E-state index in [-0.39, 0.29) is 11.9 Å². The average molecular weight is 329 g/mol. The molecule has 2 atom stereocenters. The number of halogens is 2. The number of carbonyl (C=O) groups excluding carboxylic acids is 1. The van der Waals surface area contributed by atoms with Gasteiger partial charge >= 0.3 is 0 Å². The second-order valence-electron chi connectivity index (χ2n) is 5.00. The van der Waals surface area contributed by atoms with Crippen LogP contribution >= 0.6 is 15.9 Å². The van der Waals surface area contributed by atoms with Crippen molar-refractivity contribution in [3.8, 4) is 0 Å². The van der Waals surface area contributed by atoms with Crippen LogP contribution in [-0.4, -0.2) is 25.0 Å². The first-order chi connectivity index (χ1) is 9.08. The molecule has 1 aromatic carbocycles. The van der Waals surface area contributed by atoms with Gasteiger partial charge in [0.25, 0.3) is 5.91 Å². The molecule has 104 valence electrons. The fourth-order valence-electron chi connectivity index (χ4n) is 2.35. The molecule has 1 aromatic rings. The molecular weight excluding hydrogens is 311 g/mol. The van der Waals surface area contributed by atoms with Gasteiger partial charge in [0.15, 0.2) is 0 Å². The third-order valence-corrected chi connectivity index (χ3v) is 4.23. The number of carbonyl (C=O) groups is 1. The molecule has 0 aliphatic carbocycles. The van der Waals surface area contributed by atoms with Gasteiger partial charge in [-0.15, -0.1) is 0 Å². The molecule has 1 saturated heterocycles. The van der Waals surface area contributed by atoms with E-state index in [4.69, 9.17) is 0 Å². The van der Waals surface area contributed by atoms with E-state index in [1.807, 2.05) is 6.92 Å². The third-order valence-electron chi connectivity index (χ3n) is 3.58. The number of benzene rings is 1. The Kier molecular flexibility index (Phi) is 4.93. The summed E-state index contributed by atoms with van der Waals surface area (Å²) in [7, 11) is 0. The van der Waals surface area contributed by atoms with Gasteiger partial charge in [-0.3, -0.25) is 4.79 Å². The summed E-state index contributed by atoms with van der Waals surface area (Å²) < 4.78 is 13.8. The number of amides is 1. The molecule has 1 amide bonds. The Morgan fingerprint density at radius 2 is 2.37 bits per heavy atom. The minimum absolute atomic E-state index is 0.0898. The van der Waals surface area contributed by atoms with Crippen molar-refractivity contribution in [1.82, 2.24) is 10.6 Å². The van der Waals surface area contributed by atoms with E-state index in [1.165, 1.54) is 6.07 Å². The maximum absolute atomic E-state index is 13.4. The predicted octanol–water partition coefficient (Wildman–Crippen LogP) is 2.71. The van der Waals surface area contributed by atoms with E-state index >= 15 is 0 Å². The van der Waals surface area contributed by atoms with E-state index in [1.54, 1.807) is 12.1 Å². The molecule has 1 aliphatic heterocycles. The number of rotatable bonds is 3. The monoisotopic (exact) mass is 328 g/mol. The van der Waals surface area contributed by atoms with Crippen LogP contribution in [0.1, 0.15) is 30.1 Å². The van der Waals surface area contributed by atoms with Crippen LogP contribution in [0.3, 0.4) is 0 Å². The molecule has 2 rings (SSSR count). The second-order valence-corrected chi connectivity index (χ2v) is 5.85. The Bertz CT molecular complexity index is 461. The largest absolute Gasteiger partial charge is 0.349 e. The number of hydrogen-bond donors (Lipinski definition) is 2. The van der Waals surface area contributed by atoms with Crippen LogP contribution < -0.4 is 10.6 Å². The fourth-order valence-corrected chi connectivity index (χ4v) is 2.60. The van der Waals surface area contributed by atoms with Crippen LogP contribution in [0.2, 0.25) is 0 Å². The SMILES string of the molecule is CC(NC(=O)c1ccc(Br)c(F)c1)C1CCCNC1. The van der Waals surface area contributed by atoms with Gasteiger partial charge in [-0.25, -0.2) is 4.39 Å². The molecule has 0 radical (unpaired) electrons. The van der Waals surface area contributed by atoms with Crippen LogP contribution in [0.4, 0.5) is 4.39 Å². The molecule has 5 heteroatoms. The summed E-state index contributed by atoms with van der Waals surface area (Å²) in [6.07, 6.45) is 2.25. The van der Waals surface area contributed by atoms with Gasteiger partial charge in [0, 0.05) is 11.6 Å². The maximum atomic E-state index is 13.4. The third kappa shape index (κ3) is 3.76. The van der Waals surface area contributed by atoms with Crippen LogP contribution in [0, 0.1) is 11.7 Å². The summed E-state index contributed by atoms with van der Waals surface area (Å²) in [6, 6.07) is 4.52. The van der Waals surface area contributed by atoms with E-state index in [9.17, 15) is 9.18 Å². The quantitative estimate of drug-likeness (QED) is 0.895. The Balaban J connectivity index is 1.97. The molecule has 0 aromatic heterocycles. The van der Waals surface area contributed by atoms with E-state index < -0.39 is 5.82 Å². The number of nitrogens with one attached hydrogen (secondary N) is 2. The molecule has 1 heterocycles. The standard InChI is InChI=1S/C14H18BrFN2O/c1-9(11-3-2-6-17-8-11)18-14(19)10-4-5-12(15)13(16)7-10/h4-5,7,9,11,17H,2-3,6,8H2,1H3,(H,18,19). The zero-order valence-electron chi connectivity index (χ0n) is 10.9. The summed E-state index contributed by atoms with van der Waals surface area (Å²) in [6.45, 7) is 3.98. The van der Waals surface area contributed by atoms with Crippen LogP contribution in [0.15, 0.2) is 22.7 Å². The Hall–Kier alpha value is -0.940. The first-order valence-electron chi connectivity index (χ1n) is 6.54. The Labute approximate surface area is 121 Å². The fraction of sp³-hybridized carbons (Fsp3) is 0.500. The first kappa shape index (κ1) is 14.5. The Morgan fingerprint density at radius 3 is 3.00 bits per heavy atom. The van der Waals surface area contributed by atoms with Crippen molar-refractivity contribution >= 4 is 21.8 Å². The highest BCUT2D eigenvalue weighted by molar-refractivity contribution is 9.10. The average Bonchev–Trinajstić information content (AvgIpc) is 2.42. The van der Waals surface area contributed by atoms with Gasteiger partial charge in [0.2, 0.25) is 0 Å². The van der Waals surface area contributed by atoms with Crippen LogP contribution in [0.5, 0.6) is 0 Å². The molecule has 1 aliphatic rings. The second kappa shape index (κ2) is 6.48. The minimum atomic E-state index is -0.417. The molecule has 3 nitrogen and oxygen atoms in total. The van der Waals surface area contributed by atoms with Crippen molar-refractivity contribution in [3.63, 3.8) is 0 Å². The van der Waals surface area contributed by atoms with Gasteiger partial charge in [0.1, 0.15) is 5.82 Å². The smallest absolute Gasteiger partial charge is 0.251 e. The van der Waals surface area contributed by atoms with Gasteiger partial charge in [-0.05, 0) is 72.9 Å². The normalized spacial score (nSPS) is 20.9. The highest BCUT2D eigenvalue weighted by atomic mass is 79.9. The minimum Gasteiger partial charge on any atom is -0.349 e. The lowest BCUT2D eigenvalue weighted by Crippen LogP contribution is -2.44. The molecule has 2 unspecified atom stereocenters. The van der Waals surface area contributed by atoms with Crippen molar-refractivity contribution in [3.05, 3.63) is 34.1 Å². The molecular formula is C14H18BrFN2O. The zero-order chi connectivity index (χ0) is 13.8. The highest BCUT2D eigenvalue weighted by Crippen LogP contribution is 2.18. The summed E-state index contributed by atoms with van der Waals surface area (Å²) >= 11 is 3.08. The van der Waals surface area contributed by atoms with Crippen molar-refractivity contribution in [2.24, 2.45) is 5.92 Å². The molecule has 1 fully saturated rings. The molecule has 0 saturated carbocycles. The summed E-state index contributed by atoms with van der Waals surface area (Å²) in [5, 5.41) is 6.28.